The van der Waals surface area contributed by atoms with Crippen molar-refractivity contribution in [3.8, 4) is 0 Å². The van der Waals surface area contributed by atoms with Crippen molar-refractivity contribution >= 4 is 50.8 Å². The van der Waals surface area contributed by atoms with E-state index in [9.17, 15) is 13.2 Å². The van der Waals surface area contributed by atoms with Gasteiger partial charge in [-0.25, -0.2) is 13.2 Å². The molecule has 1 aliphatic rings. The van der Waals surface area contributed by atoms with E-state index in [1.54, 1.807) is 30.3 Å². The number of sulfonamides is 1. The zero-order valence-electron chi connectivity index (χ0n) is 15.5. The fraction of sp³-hybridized carbons (Fsp3) is 0.316. The van der Waals surface area contributed by atoms with Gasteiger partial charge in [-0.05, 0) is 23.8 Å². The lowest BCUT2D eigenvalue weighted by Crippen LogP contribution is -2.51. The molecule has 1 atom stereocenters. The van der Waals surface area contributed by atoms with Crippen LogP contribution in [0.15, 0.2) is 47.4 Å². The monoisotopic (exact) mass is 476 g/mol. The molecule has 0 spiro atoms. The van der Waals surface area contributed by atoms with Crippen LogP contribution in [-0.4, -0.2) is 56.9 Å². The normalized spacial score (nSPS) is 17.1. The van der Waals surface area contributed by atoms with Crippen LogP contribution in [0, 0.1) is 0 Å². The summed E-state index contributed by atoms with van der Waals surface area (Å²) in [4.78, 5) is 14.2. The molecule has 1 aliphatic heterocycles. The first-order chi connectivity index (χ1) is 13.8. The Labute approximate surface area is 185 Å². The molecule has 10 heteroatoms. The van der Waals surface area contributed by atoms with Crippen LogP contribution in [0.2, 0.25) is 15.1 Å². The maximum atomic E-state index is 13.0. The molecule has 3 rings (SSSR count). The molecule has 1 unspecified atom stereocenters. The highest BCUT2D eigenvalue weighted by Crippen LogP contribution is 2.34. The Hall–Kier alpha value is -1.35. The molecule has 0 radical (unpaired) electrons. The largest absolute Gasteiger partial charge is 0.468 e. The van der Waals surface area contributed by atoms with Gasteiger partial charge in [0.15, 0.2) is 0 Å². The minimum atomic E-state index is -3.87. The van der Waals surface area contributed by atoms with Crippen LogP contribution in [0.3, 0.4) is 0 Å². The number of methoxy groups -OCH3 is 1. The average Bonchev–Trinajstić information content (AvgIpc) is 2.69. The predicted molar refractivity (Wildman–Crippen MR) is 113 cm³/mol. The van der Waals surface area contributed by atoms with Gasteiger partial charge in [0.25, 0.3) is 0 Å². The molecule has 0 N–H and O–H groups in total. The van der Waals surface area contributed by atoms with E-state index in [1.807, 2.05) is 4.90 Å². The number of piperazine rings is 1. The van der Waals surface area contributed by atoms with Crippen molar-refractivity contribution < 1.29 is 17.9 Å². The fourth-order valence-corrected chi connectivity index (χ4v) is 6.09. The minimum absolute atomic E-state index is 0.0726. The smallest absolute Gasteiger partial charge is 0.327 e. The van der Waals surface area contributed by atoms with Gasteiger partial charge in [0.1, 0.15) is 10.9 Å². The molecule has 0 aromatic heterocycles. The molecule has 0 bridgehead atoms. The number of carbonyl (C=O) groups excluding carboxylic acids is 1. The first kappa shape index (κ1) is 22.3. The van der Waals surface area contributed by atoms with Crippen LogP contribution in [-0.2, 0) is 19.6 Å². The highest BCUT2D eigenvalue weighted by atomic mass is 35.5. The highest BCUT2D eigenvalue weighted by molar-refractivity contribution is 7.89. The average molecular weight is 478 g/mol. The fourth-order valence-electron chi connectivity index (χ4n) is 3.34. The number of nitrogens with zero attached hydrogens (tertiary/aromatic N) is 2. The van der Waals surface area contributed by atoms with E-state index in [0.717, 1.165) is 0 Å². The molecule has 29 heavy (non-hydrogen) atoms. The molecule has 2 aromatic rings. The van der Waals surface area contributed by atoms with E-state index in [1.165, 1.54) is 23.5 Å². The zero-order valence-corrected chi connectivity index (χ0v) is 18.6. The van der Waals surface area contributed by atoms with Crippen molar-refractivity contribution in [3.63, 3.8) is 0 Å². The Morgan fingerprint density at radius 2 is 1.48 bits per heavy atom. The van der Waals surface area contributed by atoms with Crippen LogP contribution in [0.4, 0.5) is 0 Å². The van der Waals surface area contributed by atoms with Gasteiger partial charge in [-0.2, -0.15) is 4.31 Å². The molecule has 156 valence electrons. The Bertz CT molecular complexity index is 988. The molecular weight excluding hydrogens is 459 g/mol. The Kier molecular flexibility index (Phi) is 7.09. The number of halogens is 3. The molecule has 2 aromatic carbocycles. The summed E-state index contributed by atoms with van der Waals surface area (Å²) in [5.41, 5.74) is 0.617. The Morgan fingerprint density at radius 3 is 2.03 bits per heavy atom. The number of esters is 1. The van der Waals surface area contributed by atoms with Gasteiger partial charge in [0.2, 0.25) is 10.0 Å². The topological polar surface area (TPSA) is 66.9 Å². The molecule has 1 saturated heterocycles. The third-order valence-electron chi connectivity index (χ3n) is 4.78. The lowest BCUT2D eigenvalue weighted by atomic mass is 10.0. The van der Waals surface area contributed by atoms with Gasteiger partial charge >= 0.3 is 5.97 Å². The summed E-state index contributed by atoms with van der Waals surface area (Å²) in [5.74, 6) is -0.455. The standard InChI is InChI=1S/C19H19Cl3N2O4S/c1-28-19(25)17(13-5-2-3-6-14(13)20)23-9-11-24(12-10-23)29(26,27)18-15(21)7-4-8-16(18)22/h2-8,17H,9-12H2,1H3. The highest BCUT2D eigenvalue weighted by Gasteiger charge is 2.37. The van der Waals surface area contributed by atoms with E-state index in [-0.39, 0.29) is 28.0 Å². The number of hydrogen-bond donors (Lipinski definition) is 0. The van der Waals surface area contributed by atoms with E-state index >= 15 is 0 Å². The Balaban J connectivity index is 1.83. The number of carbonyl (C=O) groups is 1. The lowest BCUT2D eigenvalue weighted by Gasteiger charge is -2.38. The summed E-state index contributed by atoms with van der Waals surface area (Å²) in [7, 11) is -2.56. The molecular formula is C19H19Cl3N2O4S. The van der Waals surface area contributed by atoms with Gasteiger partial charge in [0, 0.05) is 31.2 Å². The van der Waals surface area contributed by atoms with Gasteiger partial charge < -0.3 is 4.74 Å². The Morgan fingerprint density at radius 1 is 0.931 bits per heavy atom. The minimum Gasteiger partial charge on any atom is -0.468 e. The second kappa shape index (κ2) is 9.20. The quantitative estimate of drug-likeness (QED) is 0.612. The van der Waals surface area contributed by atoms with Crippen molar-refractivity contribution in [1.82, 2.24) is 9.21 Å². The third kappa shape index (κ3) is 4.55. The number of hydrogen-bond acceptors (Lipinski definition) is 5. The number of rotatable bonds is 5. The summed E-state index contributed by atoms with van der Waals surface area (Å²) in [6, 6.07) is 10.9. The van der Waals surface area contributed by atoms with Crippen LogP contribution in [0.1, 0.15) is 11.6 Å². The van der Waals surface area contributed by atoms with Crippen molar-refractivity contribution in [2.45, 2.75) is 10.9 Å². The molecule has 0 amide bonds. The summed E-state index contributed by atoms with van der Waals surface area (Å²) in [6.45, 7) is 0.961. The van der Waals surface area contributed by atoms with Crippen molar-refractivity contribution in [2.24, 2.45) is 0 Å². The SMILES string of the molecule is COC(=O)C(c1ccccc1Cl)N1CCN(S(=O)(=O)c2c(Cl)cccc2Cl)CC1. The predicted octanol–water partition coefficient (Wildman–Crippen LogP) is 3.87. The van der Waals surface area contributed by atoms with Gasteiger partial charge in [-0.3, -0.25) is 4.90 Å². The molecule has 1 heterocycles. The second-order valence-corrected chi connectivity index (χ2v) is 9.53. The van der Waals surface area contributed by atoms with E-state index in [4.69, 9.17) is 39.5 Å². The maximum absolute atomic E-state index is 13.0. The lowest BCUT2D eigenvalue weighted by molar-refractivity contribution is -0.147. The maximum Gasteiger partial charge on any atom is 0.327 e. The van der Waals surface area contributed by atoms with Gasteiger partial charge in [-0.1, -0.05) is 59.1 Å². The summed E-state index contributed by atoms with van der Waals surface area (Å²) in [6.07, 6.45) is 0. The molecule has 0 saturated carbocycles. The summed E-state index contributed by atoms with van der Waals surface area (Å²) in [5, 5.41) is 0.590. The molecule has 0 aliphatic carbocycles. The van der Waals surface area contributed by atoms with Crippen molar-refractivity contribution in [1.29, 1.82) is 0 Å². The molecule has 6 nitrogen and oxygen atoms in total. The molecule has 1 fully saturated rings. The van der Waals surface area contributed by atoms with E-state index in [2.05, 4.69) is 0 Å². The number of benzene rings is 2. The second-order valence-electron chi connectivity index (χ2n) is 6.44. The summed E-state index contributed by atoms with van der Waals surface area (Å²) >= 11 is 18.5. The number of ether oxygens (including phenoxy) is 1. The van der Waals surface area contributed by atoms with Gasteiger partial charge in [0.05, 0.1) is 17.2 Å². The van der Waals surface area contributed by atoms with Crippen LogP contribution in [0.5, 0.6) is 0 Å². The third-order valence-corrected chi connectivity index (χ3v) is 7.98. The van der Waals surface area contributed by atoms with Gasteiger partial charge in [-0.15, -0.1) is 0 Å². The van der Waals surface area contributed by atoms with Crippen molar-refractivity contribution in [3.05, 3.63) is 63.1 Å². The van der Waals surface area contributed by atoms with Crippen LogP contribution in [0.25, 0.3) is 0 Å². The van der Waals surface area contributed by atoms with Crippen LogP contribution >= 0.6 is 34.8 Å². The van der Waals surface area contributed by atoms with E-state index < -0.39 is 22.0 Å². The van der Waals surface area contributed by atoms with Crippen molar-refractivity contribution in [2.75, 3.05) is 33.3 Å². The first-order valence-corrected chi connectivity index (χ1v) is 11.3. The first-order valence-electron chi connectivity index (χ1n) is 8.78. The van der Waals surface area contributed by atoms with Crippen LogP contribution < -0.4 is 0 Å². The van der Waals surface area contributed by atoms with E-state index in [0.29, 0.717) is 23.7 Å². The summed E-state index contributed by atoms with van der Waals surface area (Å²) < 4.78 is 32.4. The zero-order chi connectivity index (χ0) is 21.2.